The first-order valence-corrected chi connectivity index (χ1v) is 6.60. The van der Waals surface area contributed by atoms with Crippen LogP contribution in [0.15, 0.2) is 41.1 Å². The third-order valence-corrected chi connectivity index (χ3v) is 3.10. The SMILES string of the molecule is CCN(Cc1ccco1)C(=O)c1ccc(C(N)=S)cn1. The maximum Gasteiger partial charge on any atom is 0.272 e. The minimum Gasteiger partial charge on any atom is -0.467 e. The van der Waals surface area contributed by atoms with Gasteiger partial charge in [-0.15, -0.1) is 0 Å². The number of carbonyl (C=O) groups excluding carboxylic acids is 1. The lowest BCUT2D eigenvalue weighted by molar-refractivity contribution is 0.0735. The molecule has 0 aliphatic carbocycles. The van der Waals surface area contributed by atoms with Gasteiger partial charge in [0.25, 0.3) is 5.91 Å². The highest BCUT2D eigenvalue weighted by molar-refractivity contribution is 7.80. The summed E-state index contributed by atoms with van der Waals surface area (Å²) in [5, 5.41) is 0. The maximum absolute atomic E-state index is 12.3. The van der Waals surface area contributed by atoms with Crippen LogP contribution in [0.3, 0.4) is 0 Å². The molecule has 0 bridgehead atoms. The van der Waals surface area contributed by atoms with Crippen molar-refractivity contribution in [2.75, 3.05) is 6.54 Å². The largest absolute Gasteiger partial charge is 0.467 e. The molecule has 2 N–H and O–H groups in total. The quantitative estimate of drug-likeness (QED) is 0.852. The molecule has 0 aromatic carbocycles. The Kier molecular flexibility index (Phi) is 4.47. The van der Waals surface area contributed by atoms with E-state index in [1.165, 1.54) is 6.20 Å². The first-order valence-electron chi connectivity index (χ1n) is 6.19. The van der Waals surface area contributed by atoms with E-state index in [4.69, 9.17) is 22.4 Å². The molecule has 2 aromatic heterocycles. The summed E-state index contributed by atoms with van der Waals surface area (Å²) >= 11 is 4.85. The molecular weight excluding hydrogens is 274 g/mol. The Bertz CT molecular complexity index is 593. The number of hydrogen-bond donors (Lipinski definition) is 1. The van der Waals surface area contributed by atoms with E-state index in [9.17, 15) is 4.79 Å². The van der Waals surface area contributed by atoms with Gasteiger partial charge in [-0.3, -0.25) is 9.78 Å². The van der Waals surface area contributed by atoms with Crippen molar-refractivity contribution in [3.05, 3.63) is 53.7 Å². The number of thiocarbonyl (C=S) groups is 1. The second-order valence-corrected chi connectivity index (χ2v) is 4.63. The van der Waals surface area contributed by atoms with E-state index < -0.39 is 0 Å². The summed E-state index contributed by atoms with van der Waals surface area (Å²) in [5.41, 5.74) is 6.50. The van der Waals surface area contributed by atoms with Crippen molar-refractivity contribution in [3.63, 3.8) is 0 Å². The van der Waals surface area contributed by atoms with Crippen LogP contribution in [0.4, 0.5) is 0 Å². The maximum atomic E-state index is 12.3. The summed E-state index contributed by atoms with van der Waals surface area (Å²) in [5.74, 6) is 0.582. The molecular formula is C14H15N3O2S. The zero-order valence-electron chi connectivity index (χ0n) is 11.1. The fourth-order valence-electron chi connectivity index (χ4n) is 1.75. The molecule has 0 atom stereocenters. The van der Waals surface area contributed by atoms with E-state index >= 15 is 0 Å². The van der Waals surface area contributed by atoms with Crippen molar-refractivity contribution in [1.29, 1.82) is 0 Å². The average molecular weight is 289 g/mol. The molecule has 0 saturated carbocycles. The predicted octanol–water partition coefficient (Wildman–Crippen LogP) is 1.97. The molecule has 0 radical (unpaired) electrons. The molecule has 0 fully saturated rings. The minimum atomic E-state index is -0.154. The highest BCUT2D eigenvalue weighted by atomic mass is 32.1. The lowest BCUT2D eigenvalue weighted by atomic mass is 10.2. The van der Waals surface area contributed by atoms with Gasteiger partial charge in [-0.25, -0.2) is 0 Å². The van der Waals surface area contributed by atoms with Crippen LogP contribution in [0.2, 0.25) is 0 Å². The summed E-state index contributed by atoms with van der Waals surface area (Å²) in [6.07, 6.45) is 3.10. The monoisotopic (exact) mass is 289 g/mol. The van der Waals surface area contributed by atoms with E-state index in [1.807, 2.05) is 13.0 Å². The molecule has 2 rings (SSSR count). The highest BCUT2D eigenvalue weighted by Gasteiger charge is 2.16. The molecule has 6 heteroatoms. The fourth-order valence-corrected chi connectivity index (χ4v) is 1.87. The number of pyridine rings is 1. The number of nitrogens with two attached hydrogens (primary N) is 1. The van der Waals surface area contributed by atoms with Gasteiger partial charge in [-0.2, -0.15) is 0 Å². The van der Waals surface area contributed by atoms with E-state index in [1.54, 1.807) is 29.4 Å². The first-order chi connectivity index (χ1) is 9.61. The number of hydrogen-bond acceptors (Lipinski definition) is 4. The Morgan fingerprint density at radius 3 is 2.75 bits per heavy atom. The second kappa shape index (κ2) is 6.29. The zero-order valence-corrected chi connectivity index (χ0v) is 11.9. The first kappa shape index (κ1) is 14.2. The summed E-state index contributed by atoms with van der Waals surface area (Å²) in [6.45, 7) is 2.89. The van der Waals surface area contributed by atoms with Crippen molar-refractivity contribution in [1.82, 2.24) is 9.88 Å². The molecule has 0 spiro atoms. The lowest BCUT2D eigenvalue weighted by Crippen LogP contribution is -2.30. The van der Waals surface area contributed by atoms with E-state index in [0.29, 0.717) is 24.3 Å². The number of furan rings is 1. The van der Waals surface area contributed by atoms with Crippen molar-refractivity contribution in [2.24, 2.45) is 5.73 Å². The standard InChI is InChI=1S/C14H15N3O2S/c1-2-17(9-11-4-3-7-19-11)14(18)12-6-5-10(8-16-12)13(15)20/h3-8H,2,9H2,1H3,(H2,15,20). The van der Waals surface area contributed by atoms with Crippen molar-refractivity contribution in [2.45, 2.75) is 13.5 Å². The number of carbonyl (C=O) groups is 1. The average Bonchev–Trinajstić information content (AvgIpc) is 2.97. The van der Waals surface area contributed by atoms with Crippen molar-refractivity contribution < 1.29 is 9.21 Å². The fraction of sp³-hybridized carbons (Fsp3) is 0.214. The van der Waals surface area contributed by atoms with Crippen LogP contribution < -0.4 is 5.73 Å². The van der Waals surface area contributed by atoms with Crippen LogP contribution in [-0.2, 0) is 6.54 Å². The van der Waals surface area contributed by atoms with E-state index in [-0.39, 0.29) is 10.9 Å². The Labute approximate surface area is 122 Å². The normalized spacial score (nSPS) is 10.2. The van der Waals surface area contributed by atoms with Crippen LogP contribution in [0.1, 0.15) is 28.7 Å². The summed E-state index contributed by atoms with van der Waals surface area (Å²) in [7, 11) is 0. The highest BCUT2D eigenvalue weighted by Crippen LogP contribution is 2.09. The van der Waals surface area contributed by atoms with Gasteiger partial charge >= 0.3 is 0 Å². The second-order valence-electron chi connectivity index (χ2n) is 4.20. The molecule has 2 aromatic rings. The van der Waals surface area contributed by atoms with Gasteiger partial charge in [0.05, 0.1) is 12.8 Å². The van der Waals surface area contributed by atoms with Gasteiger partial charge in [0.15, 0.2) is 0 Å². The smallest absolute Gasteiger partial charge is 0.272 e. The molecule has 1 amide bonds. The van der Waals surface area contributed by atoms with Crippen LogP contribution in [0.5, 0.6) is 0 Å². The van der Waals surface area contributed by atoms with Crippen molar-refractivity contribution in [3.8, 4) is 0 Å². The lowest BCUT2D eigenvalue weighted by Gasteiger charge is -2.19. The minimum absolute atomic E-state index is 0.154. The van der Waals surface area contributed by atoms with Crippen LogP contribution in [0, 0.1) is 0 Å². The van der Waals surface area contributed by atoms with Crippen LogP contribution >= 0.6 is 12.2 Å². The van der Waals surface area contributed by atoms with Crippen molar-refractivity contribution >= 4 is 23.1 Å². The number of nitrogens with zero attached hydrogens (tertiary/aromatic N) is 2. The molecule has 0 saturated heterocycles. The van der Waals surface area contributed by atoms with Gasteiger partial charge in [-0.1, -0.05) is 12.2 Å². The topological polar surface area (TPSA) is 72.4 Å². The molecule has 20 heavy (non-hydrogen) atoms. The summed E-state index contributed by atoms with van der Waals surface area (Å²) < 4.78 is 5.25. The van der Waals surface area contributed by atoms with E-state index in [0.717, 1.165) is 5.76 Å². The molecule has 5 nitrogen and oxygen atoms in total. The Hall–Kier alpha value is -2.21. The molecule has 0 aliphatic rings. The van der Waals surface area contributed by atoms with Gasteiger partial charge in [-0.05, 0) is 31.2 Å². The van der Waals surface area contributed by atoms with Crippen LogP contribution in [0.25, 0.3) is 0 Å². The number of aromatic nitrogens is 1. The zero-order chi connectivity index (χ0) is 14.5. The Morgan fingerprint density at radius 1 is 1.45 bits per heavy atom. The van der Waals surface area contributed by atoms with Gasteiger partial charge in [0.2, 0.25) is 0 Å². The molecule has 2 heterocycles. The molecule has 0 unspecified atom stereocenters. The molecule has 104 valence electrons. The number of rotatable bonds is 5. The third-order valence-electron chi connectivity index (χ3n) is 2.86. The summed E-state index contributed by atoms with van der Waals surface area (Å²) in [6, 6.07) is 6.95. The molecule has 0 aliphatic heterocycles. The Morgan fingerprint density at radius 2 is 2.25 bits per heavy atom. The van der Waals surface area contributed by atoms with Gasteiger partial charge in [0, 0.05) is 18.3 Å². The van der Waals surface area contributed by atoms with Gasteiger partial charge in [0.1, 0.15) is 16.4 Å². The Balaban J connectivity index is 2.13. The summed E-state index contributed by atoms with van der Waals surface area (Å²) in [4.78, 5) is 18.4. The predicted molar refractivity (Wildman–Crippen MR) is 79.2 cm³/mol. The van der Waals surface area contributed by atoms with E-state index in [2.05, 4.69) is 4.98 Å². The third kappa shape index (κ3) is 3.21. The number of amides is 1. The van der Waals surface area contributed by atoms with Gasteiger partial charge < -0.3 is 15.1 Å². The van der Waals surface area contributed by atoms with Crippen LogP contribution in [-0.4, -0.2) is 27.3 Å².